The lowest BCUT2D eigenvalue weighted by Crippen LogP contribution is -2.55. The maximum atomic E-state index is 12.6. The van der Waals surface area contributed by atoms with Gasteiger partial charge in [-0.1, -0.05) is 12.8 Å². The topological polar surface area (TPSA) is 52.8 Å². The zero-order chi connectivity index (χ0) is 14.4. The van der Waals surface area contributed by atoms with Crippen molar-refractivity contribution in [3.8, 4) is 0 Å². The van der Waals surface area contributed by atoms with Gasteiger partial charge in [-0.2, -0.15) is 0 Å². The van der Waals surface area contributed by atoms with Gasteiger partial charge in [0.2, 0.25) is 5.91 Å². The second-order valence-corrected chi connectivity index (χ2v) is 6.08. The van der Waals surface area contributed by atoms with Crippen molar-refractivity contribution in [1.82, 2.24) is 14.7 Å². The Morgan fingerprint density at radius 2 is 1.60 bits per heavy atom. The zero-order valence-corrected chi connectivity index (χ0v) is 12.9. The van der Waals surface area contributed by atoms with Crippen molar-refractivity contribution >= 4 is 5.91 Å². The molecule has 2 aliphatic heterocycles. The second kappa shape index (κ2) is 7.96. The van der Waals surface area contributed by atoms with E-state index in [4.69, 9.17) is 5.73 Å². The minimum atomic E-state index is 0.0353. The molecule has 2 saturated heterocycles. The van der Waals surface area contributed by atoms with Crippen LogP contribution in [0.5, 0.6) is 0 Å². The van der Waals surface area contributed by atoms with Crippen LogP contribution in [0.2, 0.25) is 0 Å². The molecule has 20 heavy (non-hydrogen) atoms. The van der Waals surface area contributed by atoms with Gasteiger partial charge in [-0.25, -0.2) is 0 Å². The number of carbonyl (C=O) groups is 1. The van der Waals surface area contributed by atoms with Gasteiger partial charge in [-0.3, -0.25) is 14.6 Å². The molecular formula is C15H30N4O. The number of nitrogens with two attached hydrogens (primary N) is 1. The standard InChI is InChI=1S/C15H30N4O/c1-14(15(20)19-7-4-2-3-5-8-19)18-12-10-17(9-6-16)11-13-18/h14H,2-13,16H2,1H3. The van der Waals surface area contributed by atoms with Crippen LogP contribution in [0, 0.1) is 0 Å². The number of rotatable bonds is 4. The van der Waals surface area contributed by atoms with Crippen LogP contribution in [0.1, 0.15) is 32.6 Å². The molecule has 0 aromatic heterocycles. The van der Waals surface area contributed by atoms with Crippen LogP contribution in [0.25, 0.3) is 0 Å². The summed E-state index contributed by atoms with van der Waals surface area (Å²) in [5.41, 5.74) is 5.60. The highest BCUT2D eigenvalue weighted by Crippen LogP contribution is 2.14. The Kier molecular flexibility index (Phi) is 6.26. The molecule has 0 aliphatic carbocycles. The van der Waals surface area contributed by atoms with Crippen LogP contribution in [0.15, 0.2) is 0 Å². The molecule has 5 heteroatoms. The second-order valence-electron chi connectivity index (χ2n) is 6.08. The van der Waals surface area contributed by atoms with E-state index in [1.165, 1.54) is 25.7 Å². The first-order valence-corrected chi connectivity index (χ1v) is 8.17. The molecule has 0 aromatic carbocycles. The first-order chi connectivity index (χ1) is 9.72. The van der Waals surface area contributed by atoms with Gasteiger partial charge in [-0.15, -0.1) is 0 Å². The van der Waals surface area contributed by atoms with Crippen LogP contribution in [-0.2, 0) is 4.79 Å². The molecule has 0 aromatic rings. The minimum absolute atomic E-state index is 0.0353. The molecule has 2 aliphatic rings. The highest BCUT2D eigenvalue weighted by molar-refractivity contribution is 5.81. The fourth-order valence-corrected chi connectivity index (χ4v) is 3.27. The van der Waals surface area contributed by atoms with Crippen LogP contribution in [0.3, 0.4) is 0 Å². The first kappa shape index (κ1) is 15.7. The fourth-order valence-electron chi connectivity index (χ4n) is 3.27. The van der Waals surface area contributed by atoms with Crippen molar-refractivity contribution < 1.29 is 4.79 Å². The number of likely N-dealkylation sites (tertiary alicyclic amines) is 1. The average Bonchev–Trinajstić information content (AvgIpc) is 2.76. The molecule has 2 fully saturated rings. The van der Waals surface area contributed by atoms with Gasteiger partial charge in [0.15, 0.2) is 0 Å². The summed E-state index contributed by atoms with van der Waals surface area (Å²) in [6.07, 6.45) is 4.89. The molecule has 1 amide bonds. The van der Waals surface area contributed by atoms with E-state index < -0.39 is 0 Å². The van der Waals surface area contributed by atoms with E-state index in [2.05, 4.69) is 21.6 Å². The molecule has 2 N–H and O–H groups in total. The number of piperazine rings is 1. The van der Waals surface area contributed by atoms with Gasteiger partial charge in [0.1, 0.15) is 0 Å². The Labute approximate surface area is 123 Å². The SMILES string of the molecule is CC(C(=O)N1CCCCCC1)N1CCN(CCN)CC1. The van der Waals surface area contributed by atoms with E-state index >= 15 is 0 Å². The van der Waals surface area contributed by atoms with Crippen LogP contribution < -0.4 is 5.73 Å². The molecule has 0 radical (unpaired) electrons. The summed E-state index contributed by atoms with van der Waals surface area (Å²) in [4.78, 5) is 19.4. The van der Waals surface area contributed by atoms with Crippen molar-refractivity contribution in [2.75, 3.05) is 52.4 Å². The number of carbonyl (C=O) groups excluding carboxylic acids is 1. The monoisotopic (exact) mass is 282 g/mol. The predicted octanol–water partition coefficient (Wildman–Crippen LogP) is 0.354. The van der Waals surface area contributed by atoms with Crippen LogP contribution in [0.4, 0.5) is 0 Å². The van der Waals surface area contributed by atoms with Gasteiger partial charge in [0.25, 0.3) is 0 Å². The molecule has 1 unspecified atom stereocenters. The third-order valence-corrected chi connectivity index (χ3v) is 4.68. The smallest absolute Gasteiger partial charge is 0.239 e. The number of amides is 1. The van der Waals surface area contributed by atoms with E-state index in [1.54, 1.807) is 0 Å². The van der Waals surface area contributed by atoms with Gasteiger partial charge in [0, 0.05) is 52.4 Å². The molecule has 0 bridgehead atoms. The zero-order valence-electron chi connectivity index (χ0n) is 12.9. The average molecular weight is 282 g/mol. The summed E-state index contributed by atoms with van der Waals surface area (Å²) in [7, 11) is 0. The Hall–Kier alpha value is -0.650. The largest absolute Gasteiger partial charge is 0.341 e. The molecular weight excluding hydrogens is 252 g/mol. The number of hydrogen-bond acceptors (Lipinski definition) is 4. The Bertz CT molecular complexity index is 294. The van der Waals surface area contributed by atoms with Crippen LogP contribution in [-0.4, -0.2) is 79.0 Å². The summed E-state index contributed by atoms with van der Waals surface area (Å²) in [6.45, 7) is 9.73. The van der Waals surface area contributed by atoms with Crippen molar-refractivity contribution in [3.05, 3.63) is 0 Å². The highest BCUT2D eigenvalue weighted by atomic mass is 16.2. The third-order valence-electron chi connectivity index (χ3n) is 4.68. The lowest BCUT2D eigenvalue weighted by molar-refractivity contribution is -0.137. The molecule has 5 nitrogen and oxygen atoms in total. The first-order valence-electron chi connectivity index (χ1n) is 8.17. The van der Waals surface area contributed by atoms with E-state index in [1.807, 2.05) is 0 Å². The Balaban J connectivity index is 1.81. The molecule has 0 saturated carbocycles. The van der Waals surface area contributed by atoms with Gasteiger partial charge in [0.05, 0.1) is 6.04 Å². The number of hydrogen-bond donors (Lipinski definition) is 1. The van der Waals surface area contributed by atoms with E-state index in [-0.39, 0.29) is 6.04 Å². The summed E-state index contributed by atoms with van der Waals surface area (Å²) in [6, 6.07) is 0.0353. The van der Waals surface area contributed by atoms with Crippen molar-refractivity contribution in [2.24, 2.45) is 5.73 Å². The molecule has 2 heterocycles. The maximum absolute atomic E-state index is 12.6. The third kappa shape index (κ3) is 4.17. The molecule has 1 atom stereocenters. The molecule has 0 spiro atoms. The molecule has 2 rings (SSSR count). The number of nitrogens with zero attached hydrogens (tertiary/aromatic N) is 3. The molecule has 116 valence electrons. The minimum Gasteiger partial charge on any atom is -0.341 e. The van der Waals surface area contributed by atoms with Gasteiger partial charge in [-0.05, 0) is 19.8 Å². The van der Waals surface area contributed by atoms with E-state index in [9.17, 15) is 4.79 Å². The maximum Gasteiger partial charge on any atom is 0.239 e. The lowest BCUT2D eigenvalue weighted by atomic mass is 10.2. The summed E-state index contributed by atoms with van der Waals surface area (Å²) in [5.74, 6) is 0.333. The normalized spacial score (nSPS) is 24.4. The quantitative estimate of drug-likeness (QED) is 0.808. The summed E-state index contributed by atoms with van der Waals surface area (Å²) >= 11 is 0. The summed E-state index contributed by atoms with van der Waals surface area (Å²) in [5, 5.41) is 0. The lowest BCUT2D eigenvalue weighted by Gasteiger charge is -2.38. The Morgan fingerprint density at radius 1 is 1.00 bits per heavy atom. The fraction of sp³-hybridized carbons (Fsp3) is 0.933. The van der Waals surface area contributed by atoms with Gasteiger partial charge >= 0.3 is 0 Å². The van der Waals surface area contributed by atoms with Crippen molar-refractivity contribution in [2.45, 2.75) is 38.6 Å². The predicted molar refractivity (Wildman–Crippen MR) is 81.6 cm³/mol. The highest BCUT2D eigenvalue weighted by Gasteiger charge is 2.28. The van der Waals surface area contributed by atoms with Crippen LogP contribution >= 0.6 is 0 Å². The summed E-state index contributed by atoms with van der Waals surface area (Å²) < 4.78 is 0. The Morgan fingerprint density at radius 3 is 2.15 bits per heavy atom. The van der Waals surface area contributed by atoms with E-state index in [0.717, 1.165) is 52.4 Å². The van der Waals surface area contributed by atoms with Gasteiger partial charge < -0.3 is 10.6 Å². The van der Waals surface area contributed by atoms with Crippen molar-refractivity contribution in [3.63, 3.8) is 0 Å². The van der Waals surface area contributed by atoms with Crippen molar-refractivity contribution in [1.29, 1.82) is 0 Å². The van der Waals surface area contributed by atoms with E-state index in [0.29, 0.717) is 5.91 Å².